The maximum absolute atomic E-state index is 11.8. The Hall–Kier alpha value is -2.55. The van der Waals surface area contributed by atoms with Crippen LogP contribution in [0.5, 0.6) is 11.5 Å². The third kappa shape index (κ3) is 4.14. The molecule has 0 radical (unpaired) electrons. The van der Waals surface area contributed by atoms with Crippen LogP contribution in [0.2, 0.25) is 5.02 Å². The molecule has 0 unspecified atom stereocenters. The molecule has 9 heteroatoms. The van der Waals surface area contributed by atoms with Gasteiger partial charge in [-0.25, -0.2) is 4.79 Å². The zero-order valence-corrected chi connectivity index (χ0v) is 17.7. The maximum atomic E-state index is 11.8. The molecule has 0 fully saturated rings. The van der Waals surface area contributed by atoms with Crippen molar-refractivity contribution in [3.05, 3.63) is 46.3 Å². The third-order valence-corrected chi connectivity index (χ3v) is 5.75. The van der Waals surface area contributed by atoms with Crippen LogP contribution < -0.4 is 20.1 Å². The Morgan fingerprint density at radius 1 is 1.07 bits per heavy atom. The molecule has 3 rings (SSSR count). The second kappa shape index (κ2) is 8.64. The van der Waals surface area contributed by atoms with Gasteiger partial charge in [-0.15, -0.1) is 11.3 Å². The number of hydrogen-bond donors (Lipinski definition) is 2. The predicted octanol–water partition coefficient (Wildman–Crippen LogP) is 5.17. The Bertz CT molecular complexity index is 1050. The molecule has 1 heterocycles. The first-order chi connectivity index (χ1) is 13.5. The number of rotatable bonds is 5. The van der Waals surface area contributed by atoms with E-state index in [4.69, 9.17) is 38.0 Å². The summed E-state index contributed by atoms with van der Waals surface area (Å²) in [6.07, 6.45) is 0. The van der Waals surface area contributed by atoms with Crippen LogP contribution in [0.15, 0.2) is 36.4 Å². The molecular formula is C19H17ClN2O4S2. The zero-order valence-electron chi connectivity index (χ0n) is 15.3. The number of methoxy groups -OCH3 is 3. The summed E-state index contributed by atoms with van der Waals surface area (Å²) in [5.74, 6) is 0.854. The van der Waals surface area contributed by atoms with Crippen molar-refractivity contribution >= 4 is 67.7 Å². The van der Waals surface area contributed by atoms with Crippen LogP contribution in [0.4, 0.5) is 11.4 Å². The van der Waals surface area contributed by atoms with Crippen molar-refractivity contribution in [2.75, 3.05) is 32.0 Å². The molecule has 0 bridgehead atoms. The fourth-order valence-corrected chi connectivity index (χ4v) is 4.26. The van der Waals surface area contributed by atoms with Gasteiger partial charge >= 0.3 is 5.97 Å². The molecule has 146 valence electrons. The summed E-state index contributed by atoms with van der Waals surface area (Å²) in [4.78, 5) is 12.2. The van der Waals surface area contributed by atoms with Gasteiger partial charge in [0.1, 0.15) is 16.4 Å². The number of thiophene rings is 1. The fourth-order valence-electron chi connectivity index (χ4n) is 2.56. The molecule has 2 aromatic carbocycles. The number of fused-ring (bicyclic) bond motifs is 1. The van der Waals surface area contributed by atoms with Crippen LogP contribution >= 0.6 is 35.2 Å². The Kier molecular flexibility index (Phi) is 6.23. The highest BCUT2D eigenvalue weighted by Crippen LogP contribution is 2.37. The summed E-state index contributed by atoms with van der Waals surface area (Å²) in [6, 6.07) is 10.9. The van der Waals surface area contributed by atoms with E-state index < -0.39 is 5.97 Å². The van der Waals surface area contributed by atoms with Crippen molar-refractivity contribution in [1.29, 1.82) is 0 Å². The lowest BCUT2D eigenvalue weighted by atomic mass is 10.2. The highest BCUT2D eigenvalue weighted by Gasteiger charge is 2.18. The van der Waals surface area contributed by atoms with Gasteiger partial charge in [0.25, 0.3) is 0 Å². The minimum atomic E-state index is -0.456. The summed E-state index contributed by atoms with van der Waals surface area (Å²) >= 11 is 13.0. The number of carbonyl (C=O) groups excluding carboxylic acids is 1. The number of halogens is 1. The van der Waals surface area contributed by atoms with Crippen molar-refractivity contribution in [2.24, 2.45) is 0 Å². The van der Waals surface area contributed by atoms with Crippen LogP contribution in [-0.2, 0) is 4.74 Å². The van der Waals surface area contributed by atoms with E-state index in [1.165, 1.54) is 18.4 Å². The van der Waals surface area contributed by atoms with Gasteiger partial charge in [-0.05, 0) is 42.5 Å². The van der Waals surface area contributed by atoms with E-state index in [-0.39, 0.29) is 0 Å². The SMILES string of the molecule is COC(=O)c1sc2cc(NC(=S)Nc3cc(OC)ccc3OC)ccc2c1Cl. The molecule has 1 aromatic heterocycles. The summed E-state index contributed by atoms with van der Waals surface area (Å²) < 4.78 is 16.2. The molecule has 6 nitrogen and oxygen atoms in total. The Balaban J connectivity index is 1.81. The van der Waals surface area contributed by atoms with Gasteiger partial charge in [-0.2, -0.15) is 0 Å². The minimum Gasteiger partial charge on any atom is -0.497 e. The largest absolute Gasteiger partial charge is 0.497 e. The molecule has 0 aliphatic carbocycles. The molecule has 0 aliphatic heterocycles. The second-order valence-electron chi connectivity index (χ2n) is 5.59. The lowest BCUT2D eigenvalue weighted by Crippen LogP contribution is -2.19. The average molecular weight is 437 g/mol. The highest BCUT2D eigenvalue weighted by molar-refractivity contribution is 7.80. The predicted molar refractivity (Wildman–Crippen MR) is 118 cm³/mol. The molecule has 0 aliphatic rings. The summed E-state index contributed by atoms with van der Waals surface area (Å²) in [7, 11) is 4.50. The monoisotopic (exact) mass is 436 g/mol. The number of thiocarbonyl (C=S) groups is 1. The highest BCUT2D eigenvalue weighted by atomic mass is 35.5. The zero-order chi connectivity index (χ0) is 20.3. The average Bonchev–Trinajstić information content (AvgIpc) is 3.03. The number of anilines is 2. The van der Waals surface area contributed by atoms with Crippen LogP contribution in [0, 0.1) is 0 Å². The molecule has 0 atom stereocenters. The van der Waals surface area contributed by atoms with Gasteiger partial charge < -0.3 is 24.8 Å². The molecule has 0 amide bonds. The first kappa shape index (κ1) is 20.2. The molecule has 2 N–H and O–H groups in total. The number of esters is 1. The van der Waals surface area contributed by atoms with Crippen molar-refractivity contribution in [2.45, 2.75) is 0 Å². The van der Waals surface area contributed by atoms with E-state index in [9.17, 15) is 4.79 Å². The summed E-state index contributed by atoms with van der Waals surface area (Å²) in [5, 5.41) is 7.76. The van der Waals surface area contributed by atoms with Crippen molar-refractivity contribution in [3.8, 4) is 11.5 Å². The standard InChI is InChI=1S/C19H17ClN2O4S2/c1-24-11-5-7-14(25-2)13(9-11)22-19(27)21-10-4-6-12-15(8-10)28-17(16(12)20)18(23)26-3/h4-9H,1-3H3,(H2,21,22,27). The molecule has 0 saturated carbocycles. The number of ether oxygens (including phenoxy) is 3. The first-order valence-corrected chi connectivity index (χ1v) is 9.67. The maximum Gasteiger partial charge on any atom is 0.349 e. The smallest absolute Gasteiger partial charge is 0.349 e. The van der Waals surface area contributed by atoms with Gasteiger partial charge in [0.15, 0.2) is 5.11 Å². The molecule has 0 spiro atoms. The molecular weight excluding hydrogens is 420 g/mol. The minimum absolute atomic E-state index is 0.373. The van der Waals surface area contributed by atoms with E-state index in [1.807, 2.05) is 18.2 Å². The van der Waals surface area contributed by atoms with E-state index in [1.54, 1.807) is 32.4 Å². The van der Waals surface area contributed by atoms with Crippen molar-refractivity contribution < 1.29 is 19.0 Å². The topological polar surface area (TPSA) is 68.8 Å². The van der Waals surface area contributed by atoms with Crippen LogP contribution in [0.3, 0.4) is 0 Å². The summed E-state index contributed by atoms with van der Waals surface area (Å²) in [5.41, 5.74) is 1.42. The van der Waals surface area contributed by atoms with Gasteiger partial charge in [-0.3, -0.25) is 0 Å². The molecule has 0 saturated heterocycles. The fraction of sp³-hybridized carbons (Fsp3) is 0.158. The third-order valence-electron chi connectivity index (χ3n) is 3.91. The van der Waals surface area contributed by atoms with E-state index in [0.29, 0.717) is 32.2 Å². The first-order valence-electron chi connectivity index (χ1n) is 8.07. The summed E-state index contributed by atoms with van der Waals surface area (Å²) in [6.45, 7) is 0. The number of nitrogens with one attached hydrogen (secondary N) is 2. The van der Waals surface area contributed by atoms with Crippen LogP contribution in [0.1, 0.15) is 9.67 Å². The van der Waals surface area contributed by atoms with E-state index >= 15 is 0 Å². The van der Waals surface area contributed by atoms with Gasteiger partial charge in [0.2, 0.25) is 0 Å². The van der Waals surface area contributed by atoms with E-state index in [2.05, 4.69) is 10.6 Å². The quantitative estimate of drug-likeness (QED) is 0.422. The number of carbonyl (C=O) groups is 1. The van der Waals surface area contributed by atoms with Gasteiger partial charge in [0.05, 0.1) is 32.0 Å². The van der Waals surface area contributed by atoms with Crippen molar-refractivity contribution in [3.63, 3.8) is 0 Å². The molecule has 28 heavy (non-hydrogen) atoms. The molecule has 3 aromatic rings. The number of benzene rings is 2. The van der Waals surface area contributed by atoms with Gasteiger partial charge in [0, 0.05) is 21.8 Å². The van der Waals surface area contributed by atoms with Crippen LogP contribution in [-0.4, -0.2) is 32.4 Å². The lowest BCUT2D eigenvalue weighted by molar-refractivity contribution is 0.0606. The second-order valence-corrected chi connectivity index (χ2v) is 7.43. The van der Waals surface area contributed by atoms with E-state index in [0.717, 1.165) is 15.8 Å². The Labute approximate surface area is 176 Å². The Morgan fingerprint density at radius 3 is 2.54 bits per heavy atom. The van der Waals surface area contributed by atoms with Crippen LogP contribution in [0.25, 0.3) is 10.1 Å². The number of hydrogen-bond acceptors (Lipinski definition) is 6. The normalized spacial score (nSPS) is 10.4. The Morgan fingerprint density at radius 2 is 1.86 bits per heavy atom. The lowest BCUT2D eigenvalue weighted by Gasteiger charge is -2.14. The van der Waals surface area contributed by atoms with Gasteiger partial charge in [-0.1, -0.05) is 11.6 Å². The van der Waals surface area contributed by atoms with Crippen molar-refractivity contribution in [1.82, 2.24) is 0 Å².